The van der Waals surface area contributed by atoms with E-state index in [0.717, 1.165) is 0 Å². The van der Waals surface area contributed by atoms with Crippen LogP contribution >= 0.6 is 15.9 Å². The van der Waals surface area contributed by atoms with E-state index in [2.05, 4.69) is 15.9 Å². The molecule has 3 heterocycles. The van der Waals surface area contributed by atoms with Gasteiger partial charge in [-0.2, -0.15) is 0 Å². The topological polar surface area (TPSA) is 64.6 Å². The predicted octanol–water partition coefficient (Wildman–Crippen LogP) is 3.19. The summed E-state index contributed by atoms with van der Waals surface area (Å²) >= 11 is 3.27. The largest absolute Gasteiger partial charge is 0.479 e. The smallest absolute Gasteiger partial charge is 0.229 e. The van der Waals surface area contributed by atoms with Crippen molar-refractivity contribution in [3.05, 3.63) is 24.3 Å². The minimum Gasteiger partial charge on any atom is -0.479 e. The van der Waals surface area contributed by atoms with E-state index in [1.54, 1.807) is 0 Å². The van der Waals surface area contributed by atoms with Crippen LogP contribution in [0.2, 0.25) is 0 Å². The molecule has 0 amide bonds. The van der Waals surface area contributed by atoms with Gasteiger partial charge in [0.1, 0.15) is 23.8 Å². The standard InChI is InChI=1S/C19H25BrO7/c1-18(2)22-9-13(25-18)14-15-16(27-19(3,4)26-15)17(24-14)23-12-8-6-5-7-11(12)21-10-20/h5-8,13-17H,9-10H2,1-4H3/t13-,14-,15+,16+,17-/m1/s1. The number of hydrogen-bond donors (Lipinski definition) is 0. The van der Waals surface area contributed by atoms with E-state index in [9.17, 15) is 0 Å². The van der Waals surface area contributed by atoms with Gasteiger partial charge in [-0.05, 0) is 55.8 Å². The molecule has 0 spiro atoms. The molecule has 3 aliphatic heterocycles. The maximum atomic E-state index is 6.19. The summed E-state index contributed by atoms with van der Waals surface area (Å²) in [5, 5.41) is 0. The SMILES string of the molecule is CC1(C)O[C@@H]2[C@H](O1)[C@H](Oc1ccccc1OCBr)O[C@@H]2[C@H]1COC(C)(C)O1. The molecule has 8 heteroatoms. The molecule has 0 unspecified atom stereocenters. The second-order valence-electron chi connectivity index (χ2n) is 7.72. The van der Waals surface area contributed by atoms with E-state index in [1.807, 2.05) is 52.0 Å². The second kappa shape index (κ2) is 7.17. The molecule has 3 fully saturated rings. The summed E-state index contributed by atoms with van der Waals surface area (Å²) in [6.07, 6.45) is -1.94. The van der Waals surface area contributed by atoms with Gasteiger partial charge in [-0.1, -0.05) is 12.1 Å². The number of halogens is 1. The van der Waals surface area contributed by atoms with Crippen molar-refractivity contribution >= 4 is 15.9 Å². The average Bonchev–Trinajstić information content (AvgIpc) is 3.21. The quantitative estimate of drug-likeness (QED) is 0.645. The summed E-state index contributed by atoms with van der Waals surface area (Å²) in [4.78, 5) is 0. The fraction of sp³-hybridized carbons (Fsp3) is 0.684. The third-order valence-electron chi connectivity index (χ3n) is 4.75. The van der Waals surface area contributed by atoms with Gasteiger partial charge in [-0.15, -0.1) is 0 Å². The predicted molar refractivity (Wildman–Crippen MR) is 98.9 cm³/mol. The highest BCUT2D eigenvalue weighted by molar-refractivity contribution is 9.09. The molecule has 1 aromatic rings. The van der Waals surface area contributed by atoms with Crippen LogP contribution in [0, 0.1) is 0 Å². The Kier molecular flexibility index (Phi) is 5.15. The van der Waals surface area contributed by atoms with Crippen LogP contribution in [0.1, 0.15) is 27.7 Å². The molecule has 150 valence electrons. The molecule has 0 aromatic heterocycles. The van der Waals surface area contributed by atoms with Gasteiger partial charge in [0.05, 0.1) is 6.61 Å². The van der Waals surface area contributed by atoms with Gasteiger partial charge in [-0.25, -0.2) is 0 Å². The molecule has 1 aromatic carbocycles. The van der Waals surface area contributed by atoms with Crippen LogP contribution in [-0.4, -0.2) is 54.4 Å². The molecule has 0 N–H and O–H groups in total. The van der Waals surface area contributed by atoms with Gasteiger partial charge in [-0.3, -0.25) is 0 Å². The average molecular weight is 445 g/mol. The van der Waals surface area contributed by atoms with Crippen LogP contribution < -0.4 is 9.47 Å². The van der Waals surface area contributed by atoms with Crippen molar-refractivity contribution in [3.8, 4) is 11.5 Å². The summed E-state index contributed by atoms with van der Waals surface area (Å²) in [6, 6.07) is 7.44. The van der Waals surface area contributed by atoms with Crippen molar-refractivity contribution < 1.29 is 33.2 Å². The van der Waals surface area contributed by atoms with Crippen molar-refractivity contribution in [2.75, 3.05) is 12.1 Å². The Hall–Kier alpha value is -0.900. The first-order valence-electron chi connectivity index (χ1n) is 9.05. The molecule has 0 bridgehead atoms. The summed E-state index contributed by atoms with van der Waals surface area (Å²) < 4.78 is 41.8. The Morgan fingerprint density at radius 2 is 1.67 bits per heavy atom. The maximum Gasteiger partial charge on any atom is 0.229 e. The maximum absolute atomic E-state index is 6.19. The Bertz CT molecular complexity index is 680. The Morgan fingerprint density at radius 1 is 0.963 bits per heavy atom. The van der Waals surface area contributed by atoms with Crippen LogP contribution in [0.15, 0.2) is 24.3 Å². The first-order chi connectivity index (χ1) is 12.8. The van der Waals surface area contributed by atoms with Crippen LogP contribution in [0.25, 0.3) is 0 Å². The van der Waals surface area contributed by atoms with Gasteiger partial charge in [0.2, 0.25) is 6.29 Å². The number of para-hydroxylation sites is 2. The van der Waals surface area contributed by atoms with E-state index in [0.29, 0.717) is 23.6 Å². The third kappa shape index (κ3) is 3.97. The molecule has 3 saturated heterocycles. The first kappa shape index (κ1) is 19.4. The fourth-order valence-electron chi connectivity index (χ4n) is 3.71. The zero-order valence-corrected chi connectivity index (χ0v) is 17.4. The highest BCUT2D eigenvalue weighted by Crippen LogP contribution is 2.43. The number of benzene rings is 1. The lowest BCUT2D eigenvalue weighted by atomic mass is 10.1. The first-order valence-corrected chi connectivity index (χ1v) is 10.2. The molecule has 3 aliphatic rings. The van der Waals surface area contributed by atoms with E-state index in [-0.39, 0.29) is 24.4 Å². The van der Waals surface area contributed by atoms with Gasteiger partial charge in [0, 0.05) is 0 Å². The summed E-state index contributed by atoms with van der Waals surface area (Å²) in [7, 11) is 0. The molecular formula is C19H25BrO7. The Balaban J connectivity index is 1.55. The second-order valence-corrected chi connectivity index (χ2v) is 8.18. The lowest BCUT2D eigenvalue weighted by Gasteiger charge is -2.27. The number of hydrogen-bond acceptors (Lipinski definition) is 7. The van der Waals surface area contributed by atoms with Crippen molar-refractivity contribution in [3.63, 3.8) is 0 Å². The summed E-state index contributed by atoms with van der Waals surface area (Å²) in [5.41, 5.74) is 0.364. The lowest BCUT2D eigenvalue weighted by Crippen LogP contribution is -2.40. The van der Waals surface area contributed by atoms with Crippen LogP contribution in [0.4, 0.5) is 0 Å². The van der Waals surface area contributed by atoms with Gasteiger partial charge >= 0.3 is 0 Å². The lowest BCUT2D eigenvalue weighted by molar-refractivity contribution is -0.230. The van der Waals surface area contributed by atoms with E-state index >= 15 is 0 Å². The fourth-order valence-corrected chi connectivity index (χ4v) is 3.96. The zero-order valence-electron chi connectivity index (χ0n) is 15.8. The molecule has 4 rings (SSSR count). The monoisotopic (exact) mass is 444 g/mol. The summed E-state index contributed by atoms with van der Waals surface area (Å²) in [6.45, 7) is 7.98. The van der Waals surface area contributed by atoms with Gasteiger partial charge in [0.25, 0.3) is 0 Å². The minimum absolute atomic E-state index is 0.257. The zero-order chi connectivity index (χ0) is 19.2. The molecule has 27 heavy (non-hydrogen) atoms. The number of rotatable bonds is 5. The van der Waals surface area contributed by atoms with Crippen molar-refractivity contribution in [1.29, 1.82) is 0 Å². The van der Waals surface area contributed by atoms with Crippen molar-refractivity contribution in [2.24, 2.45) is 0 Å². The highest BCUT2D eigenvalue weighted by atomic mass is 79.9. The molecule has 0 radical (unpaired) electrons. The minimum atomic E-state index is -0.722. The van der Waals surface area contributed by atoms with Crippen LogP contribution in [-0.2, 0) is 23.7 Å². The molecule has 0 saturated carbocycles. The number of fused-ring (bicyclic) bond motifs is 1. The Morgan fingerprint density at radius 3 is 2.33 bits per heavy atom. The van der Waals surface area contributed by atoms with Crippen LogP contribution in [0.5, 0.6) is 11.5 Å². The number of ether oxygens (including phenoxy) is 7. The van der Waals surface area contributed by atoms with E-state index in [1.165, 1.54) is 0 Å². The van der Waals surface area contributed by atoms with Crippen LogP contribution in [0.3, 0.4) is 0 Å². The van der Waals surface area contributed by atoms with Crippen molar-refractivity contribution in [1.82, 2.24) is 0 Å². The van der Waals surface area contributed by atoms with Gasteiger partial charge < -0.3 is 33.2 Å². The summed E-state index contributed by atoms with van der Waals surface area (Å²) in [5.74, 6) is -0.163. The van der Waals surface area contributed by atoms with Crippen molar-refractivity contribution in [2.45, 2.75) is 70.0 Å². The van der Waals surface area contributed by atoms with Gasteiger partial charge in [0.15, 0.2) is 29.2 Å². The molecule has 0 aliphatic carbocycles. The third-order valence-corrected chi connectivity index (χ3v) is 4.97. The number of alkyl halides is 1. The highest BCUT2D eigenvalue weighted by Gasteiger charge is 2.60. The Labute approximate surface area is 167 Å². The molecule has 7 nitrogen and oxygen atoms in total. The normalized spacial score (nSPS) is 36.6. The molecular weight excluding hydrogens is 420 g/mol. The van der Waals surface area contributed by atoms with E-state index in [4.69, 9.17) is 33.2 Å². The van der Waals surface area contributed by atoms with E-state index < -0.39 is 17.9 Å². The molecule has 5 atom stereocenters.